The third kappa shape index (κ3) is 9.12. The van der Waals surface area contributed by atoms with Gasteiger partial charge < -0.3 is 20.7 Å². The van der Waals surface area contributed by atoms with Crippen molar-refractivity contribution in [3.63, 3.8) is 0 Å². The summed E-state index contributed by atoms with van der Waals surface area (Å²) in [5.74, 6) is -1.03. The maximum absolute atomic E-state index is 12.8. The minimum atomic E-state index is -0.728. The molecule has 3 N–H and O–H groups in total. The maximum Gasteiger partial charge on any atom is 0.242 e. The molecule has 0 fully saturated rings. The molecule has 0 aromatic heterocycles. The fourth-order valence-electron chi connectivity index (χ4n) is 3.22. The third-order valence-electron chi connectivity index (χ3n) is 4.98. The molecule has 2 unspecified atom stereocenters. The van der Waals surface area contributed by atoms with Crippen LogP contribution in [-0.2, 0) is 32.0 Å². The highest BCUT2D eigenvalue weighted by Crippen LogP contribution is 2.10. The molecule has 0 aliphatic carbocycles. The van der Waals surface area contributed by atoms with Crippen molar-refractivity contribution in [1.29, 1.82) is 0 Å². The zero-order chi connectivity index (χ0) is 23.2. The lowest BCUT2D eigenvalue weighted by atomic mass is 9.99. The summed E-state index contributed by atoms with van der Waals surface area (Å²) in [4.78, 5) is 47.5. The van der Waals surface area contributed by atoms with Gasteiger partial charge in [0.25, 0.3) is 0 Å². The first-order valence-electron chi connectivity index (χ1n) is 10.9. The van der Waals surface area contributed by atoms with Crippen LogP contribution >= 0.6 is 0 Å². The Kier molecular flexibility index (Phi) is 10.6. The van der Waals surface area contributed by atoms with Crippen LogP contribution in [0.5, 0.6) is 0 Å². The second-order valence-corrected chi connectivity index (χ2v) is 7.69. The third-order valence-corrected chi connectivity index (χ3v) is 4.98. The molecule has 0 radical (unpaired) electrons. The molecule has 0 bridgehead atoms. The van der Waals surface area contributed by atoms with Crippen LogP contribution in [0, 0.1) is 5.92 Å². The summed E-state index contributed by atoms with van der Waals surface area (Å²) in [6.45, 7) is 2.32. The normalized spacial score (nSPS) is 12.3. The fraction of sp³-hybridized carbons (Fsp3) is 0.360. The highest BCUT2D eigenvalue weighted by molar-refractivity contribution is 5.88. The average Bonchev–Trinajstić information content (AvgIpc) is 2.81. The summed E-state index contributed by atoms with van der Waals surface area (Å²) >= 11 is 0. The predicted molar refractivity (Wildman–Crippen MR) is 123 cm³/mol. The molecule has 7 heteroatoms. The molecule has 2 aromatic carbocycles. The van der Waals surface area contributed by atoms with E-state index in [0.29, 0.717) is 19.1 Å². The highest BCUT2D eigenvalue weighted by atomic mass is 16.2. The van der Waals surface area contributed by atoms with Crippen LogP contribution in [0.15, 0.2) is 60.7 Å². The number of nitrogens with one attached hydrogen (secondary N) is 3. The van der Waals surface area contributed by atoms with Crippen molar-refractivity contribution in [2.24, 2.45) is 5.92 Å². The first-order chi connectivity index (χ1) is 15.5. The van der Waals surface area contributed by atoms with E-state index in [2.05, 4.69) is 16.0 Å². The zero-order valence-corrected chi connectivity index (χ0v) is 18.4. The summed E-state index contributed by atoms with van der Waals surface area (Å²) in [7, 11) is 0. The minimum absolute atomic E-state index is 0.128. The van der Waals surface area contributed by atoms with Crippen LogP contribution in [0.4, 0.5) is 0 Å². The van der Waals surface area contributed by atoms with Crippen LogP contribution in [0.2, 0.25) is 0 Å². The van der Waals surface area contributed by atoms with Crippen molar-refractivity contribution in [2.75, 3.05) is 13.1 Å². The molecule has 2 aromatic rings. The van der Waals surface area contributed by atoms with E-state index < -0.39 is 6.04 Å². The molecule has 0 heterocycles. The van der Waals surface area contributed by atoms with Gasteiger partial charge in [-0.15, -0.1) is 0 Å². The van der Waals surface area contributed by atoms with Crippen LogP contribution in [-0.4, -0.2) is 43.1 Å². The first-order valence-corrected chi connectivity index (χ1v) is 10.9. The molecule has 3 amide bonds. The van der Waals surface area contributed by atoms with Gasteiger partial charge in [0, 0.05) is 38.3 Å². The standard InChI is InChI=1S/C25H31N3O4/c1-19(17-20-9-4-2-5-10-20)24(31)28-22(18-21-11-6-3-7-12-21)25(32)27-15-14-26-23(30)13-8-16-29/h2-7,9-12,16,19,22H,8,13-15,17-18H2,1H3,(H,26,30)(H,27,32)(H,28,31). The molecule has 2 atom stereocenters. The van der Waals surface area contributed by atoms with E-state index >= 15 is 0 Å². The Morgan fingerprint density at radius 1 is 0.812 bits per heavy atom. The van der Waals surface area contributed by atoms with E-state index in [1.165, 1.54) is 0 Å². The molecule has 2 rings (SSSR count). The number of carbonyl (C=O) groups is 4. The average molecular weight is 438 g/mol. The highest BCUT2D eigenvalue weighted by Gasteiger charge is 2.24. The lowest BCUT2D eigenvalue weighted by Crippen LogP contribution is -2.50. The first kappa shape index (κ1) is 24.8. The summed E-state index contributed by atoms with van der Waals surface area (Å²) in [5.41, 5.74) is 2.00. The number of hydrogen-bond acceptors (Lipinski definition) is 4. The molecular formula is C25H31N3O4. The Balaban J connectivity index is 1.92. The second kappa shape index (κ2) is 13.7. The van der Waals surface area contributed by atoms with Gasteiger partial charge in [-0.25, -0.2) is 0 Å². The Hall–Kier alpha value is -3.48. The lowest BCUT2D eigenvalue weighted by molar-refractivity contribution is -0.130. The Morgan fingerprint density at radius 2 is 1.38 bits per heavy atom. The van der Waals surface area contributed by atoms with Gasteiger partial charge in [-0.05, 0) is 17.5 Å². The summed E-state index contributed by atoms with van der Waals surface area (Å²) in [6.07, 6.45) is 1.94. The monoisotopic (exact) mass is 437 g/mol. The lowest BCUT2D eigenvalue weighted by Gasteiger charge is -2.21. The van der Waals surface area contributed by atoms with Crippen LogP contribution in [0.3, 0.4) is 0 Å². The van der Waals surface area contributed by atoms with Gasteiger partial charge in [0.05, 0.1) is 0 Å². The quantitative estimate of drug-likeness (QED) is 0.328. The van der Waals surface area contributed by atoms with Crippen molar-refractivity contribution >= 4 is 24.0 Å². The van der Waals surface area contributed by atoms with Crippen LogP contribution < -0.4 is 16.0 Å². The number of amides is 3. The second-order valence-electron chi connectivity index (χ2n) is 7.69. The molecule has 0 spiro atoms. The molecule has 0 saturated carbocycles. The zero-order valence-electron chi connectivity index (χ0n) is 18.4. The smallest absolute Gasteiger partial charge is 0.242 e. The minimum Gasteiger partial charge on any atom is -0.354 e. The van der Waals surface area contributed by atoms with E-state index in [9.17, 15) is 19.2 Å². The van der Waals surface area contributed by atoms with E-state index in [4.69, 9.17) is 0 Å². The fourth-order valence-corrected chi connectivity index (χ4v) is 3.22. The molecule has 0 saturated heterocycles. The van der Waals surface area contributed by atoms with Gasteiger partial charge >= 0.3 is 0 Å². The Morgan fingerprint density at radius 3 is 1.97 bits per heavy atom. The molecule has 32 heavy (non-hydrogen) atoms. The summed E-state index contributed by atoms with van der Waals surface area (Å²) in [6, 6.07) is 18.5. The van der Waals surface area contributed by atoms with E-state index in [1.54, 1.807) is 0 Å². The topological polar surface area (TPSA) is 104 Å². The molecule has 0 aliphatic rings. The SMILES string of the molecule is CC(Cc1ccccc1)C(=O)NC(Cc1ccccc1)C(=O)NCCNC(=O)CCC=O. The summed E-state index contributed by atoms with van der Waals surface area (Å²) < 4.78 is 0. The Labute approximate surface area is 189 Å². The van der Waals surface area contributed by atoms with Crippen LogP contribution in [0.25, 0.3) is 0 Å². The van der Waals surface area contributed by atoms with Crippen molar-refractivity contribution < 1.29 is 19.2 Å². The van der Waals surface area contributed by atoms with Crippen molar-refractivity contribution in [3.05, 3.63) is 71.8 Å². The van der Waals surface area contributed by atoms with E-state index in [-0.39, 0.29) is 49.6 Å². The molecule has 170 valence electrons. The number of carbonyl (C=O) groups excluding carboxylic acids is 4. The van der Waals surface area contributed by atoms with E-state index in [0.717, 1.165) is 11.1 Å². The van der Waals surface area contributed by atoms with Gasteiger partial charge in [0.15, 0.2) is 0 Å². The van der Waals surface area contributed by atoms with Gasteiger partial charge in [0.2, 0.25) is 17.7 Å². The number of aldehydes is 1. The van der Waals surface area contributed by atoms with Gasteiger partial charge in [-0.3, -0.25) is 14.4 Å². The van der Waals surface area contributed by atoms with Gasteiger partial charge in [-0.2, -0.15) is 0 Å². The number of benzene rings is 2. The van der Waals surface area contributed by atoms with E-state index in [1.807, 2.05) is 67.6 Å². The number of hydrogen-bond donors (Lipinski definition) is 3. The Bertz CT molecular complexity index is 871. The van der Waals surface area contributed by atoms with Crippen LogP contribution in [0.1, 0.15) is 30.9 Å². The largest absolute Gasteiger partial charge is 0.354 e. The summed E-state index contributed by atoms with van der Waals surface area (Å²) in [5, 5.41) is 8.30. The van der Waals surface area contributed by atoms with Gasteiger partial charge in [0.1, 0.15) is 12.3 Å². The van der Waals surface area contributed by atoms with Crippen molar-refractivity contribution in [1.82, 2.24) is 16.0 Å². The molecule has 7 nitrogen and oxygen atoms in total. The number of rotatable bonds is 13. The predicted octanol–water partition coefficient (Wildman–Crippen LogP) is 1.80. The maximum atomic E-state index is 12.8. The van der Waals surface area contributed by atoms with Crippen molar-refractivity contribution in [2.45, 2.75) is 38.6 Å². The molecule has 0 aliphatic heterocycles. The van der Waals surface area contributed by atoms with Gasteiger partial charge in [-0.1, -0.05) is 67.6 Å². The van der Waals surface area contributed by atoms with Crippen molar-refractivity contribution in [3.8, 4) is 0 Å². The molecular weight excluding hydrogens is 406 g/mol.